The fourth-order valence-corrected chi connectivity index (χ4v) is 3.48. The number of ether oxygens (including phenoxy) is 1. The number of benzene rings is 2. The fraction of sp³-hybridized carbons (Fsp3) is 0.167. The number of primary amides is 1. The maximum absolute atomic E-state index is 12.6. The molecule has 0 aliphatic carbocycles. The number of hydrogen-bond acceptors (Lipinski definition) is 5. The number of rotatable bonds is 6. The Kier molecular flexibility index (Phi) is 5.87. The molecule has 3 rings (SSSR count). The van der Waals surface area contributed by atoms with Crippen molar-refractivity contribution in [1.82, 2.24) is 10.3 Å². The largest absolute Gasteiger partial charge is 0.573 e. The van der Waals surface area contributed by atoms with Crippen molar-refractivity contribution in [3.8, 4) is 5.75 Å². The number of alkyl halides is 3. The number of anilines is 1. The summed E-state index contributed by atoms with van der Waals surface area (Å²) >= 11 is 0.974. The number of hydrogen-bond donors (Lipinski definition) is 3. The predicted molar refractivity (Wildman–Crippen MR) is 102 cm³/mol. The zero-order chi connectivity index (χ0) is 21.0. The molecule has 0 fully saturated rings. The van der Waals surface area contributed by atoms with E-state index in [0.29, 0.717) is 10.2 Å². The summed E-state index contributed by atoms with van der Waals surface area (Å²) in [5, 5.41) is 5.10. The highest BCUT2D eigenvalue weighted by atomic mass is 32.1. The molecule has 3 aromatic rings. The molecule has 2 aromatic carbocycles. The molecule has 1 aromatic heterocycles. The van der Waals surface area contributed by atoms with Crippen molar-refractivity contribution in [2.45, 2.75) is 18.8 Å². The molecule has 0 spiro atoms. The third kappa shape index (κ3) is 5.82. The molecule has 1 heterocycles. The van der Waals surface area contributed by atoms with E-state index in [9.17, 15) is 22.8 Å². The van der Waals surface area contributed by atoms with E-state index in [2.05, 4.69) is 20.4 Å². The molecule has 1 atom stereocenters. The maximum atomic E-state index is 12.6. The van der Waals surface area contributed by atoms with Gasteiger partial charge in [-0.05, 0) is 17.7 Å². The van der Waals surface area contributed by atoms with Crippen molar-refractivity contribution >= 4 is 38.6 Å². The van der Waals surface area contributed by atoms with Gasteiger partial charge in [-0.3, -0.25) is 4.79 Å². The molecule has 0 bridgehead atoms. The van der Waals surface area contributed by atoms with E-state index in [1.807, 2.05) is 6.07 Å². The summed E-state index contributed by atoms with van der Waals surface area (Å²) in [6.45, 7) is 0. The quantitative estimate of drug-likeness (QED) is 0.564. The molecule has 29 heavy (non-hydrogen) atoms. The van der Waals surface area contributed by atoms with E-state index in [0.717, 1.165) is 23.0 Å². The minimum Gasteiger partial charge on any atom is -0.406 e. The van der Waals surface area contributed by atoms with Crippen molar-refractivity contribution in [2.24, 2.45) is 5.73 Å². The van der Waals surface area contributed by atoms with Crippen LogP contribution in [0.5, 0.6) is 5.75 Å². The molecule has 0 radical (unpaired) electrons. The maximum Gasteiger partial charge on any atom is 0.573 e. The lowest BCUT2D eigenvalue weighted by atomic mass is 10.1. The lowest BCUT2D eigenvalue weighted by molar-refractivity contribution is -0.274. The Bertz CT molecular complexity index is 1020. The third-order valence-corrected chi connectivity index (χ3v) is 4.67. The number of halogens is 3. The molecule has 0 aliphatic rings. The van der Waals surface area contributed by atoms with Crippen molar-refractivity contribution in [3.05, 3.63) is 54.1 Å². The van der Waals surface area contributed by atoms with Crippen LogP contribution in [-0.2, 0) is 11.2 Å². The predicted octanol–water partition coefficient (Wildman–Crippen LogP) is 3.41. The van der Waals surface area contributed by atoms with E-state index >= 15 is 0 Å². The highest BCUT2D eigenvalue weighted by Gasteiger charge is 2.31. The summed E-state index contributed by atoms with van der Waals surface area (Å²) < 4.78 is 41.3. The van der Waals surface area contributed by atoms with Crippen molar-refractivity contribution in [2.75, 3.05) is 5.32 Å². The van der Waals surface area contributed by atoms with Crippen LogP contribution in [0.1, 0.15) is 5.56 Å². The normalized spacial score (nSPS) is 12.4. The Labute approximate surface area is 166 Å². The zero-order valence-corrected chi connectivity index (χ0v) is 15.5. The summed E-state index contributed by atoms with van der Waals surface area (Å²) in [6.07, 6.45) is -4.61. The van der Waals surface area contributed by atoms with Gasteiger partial charge in [-0.25, -0.2) is 9.78 Å². The first-order valence-corrected chi connectivity index (χ1v) is 9.08. The van der Waals surface area contributed by atoms with Gasteiger partial charge >= 0.3 is 12.4 Å². The molecule has 7 nitrogen and oxygen atoms in total. The van der Waals surface area contributed by atoms with E-state index in [-0.39, 0.29) is 17.3 Å². The molecule has 0 saturated carbocycles. The Balaban J connectivity index is 1.76. The minimum absolute atomic E-state index is 0.165. The average molecular weight is 424 g/mol. The molecule has 3 amide bonds. The van der Waals surface area contributed by atoms with Gasteiger partial charge in [0.05, 0.1) is 10.2 Å². The molecule has 0 saturated heterocycles. The first-order chi connectivity index (χ1) is 13.7. The van der Waals surface area contributed by atoms with Crippen molar-refractivity contribution < 1.29 is 27.5 Å². The molecule has 4 N–H and O–H groups in total. The number of nitrogens with zero attached hydrogens (tertiary/aromatic N) is 1. The Hall–Kier alpha value is -3.34. The Morgan fingerprint density at radius 3 is 2.55 bits per heavy atom. The van der Waals surface area contributed by atoms with Crippen LogP contribution in [-0.4, -0.2) is 29.3 Å². The lowest BCUT2D eigenvalue weighted by Gasteiger charge is -2.16. The van der Waals surface area contributed by atoms with E-state index in [1.165, 1.54) is 12.1 Å². The molecular weight excluding hydrogens is 409 g/mol. The number of thiazole rings is 1. The molecule has 0 aliphatic heterocycles. The van der Waals surface area contributed by atoms with Crippen molar-refractivity contribution in [3.63, 3.8) is 0 Å². The van der Waals surface area contributed by atoms with Gasteiger partial charge in [0.2, 0.25) is 5.91 Å². The topological polar surface area (TPSA) is 106 Å². The van der Waals surface area contributed by atoms with Gasteiger partial charge in [0.15, 0.2) is 5.13 Å². The standard InChI is InChI=1S/C18H15F3N4O3S/c19-18(20,21)28-11-6-7-12-14(9-11)29-17(24-12)25-15(26)13(23-16(22)27)8-10-4-2-1-3-5-10/h1-7,9,13H,8H2,(H3,22,23,27)(H,24,25,26)/t13-/m0/s1. The number of nitrogens with two attached hydrogens (primary N) is 1. The van der Waals surface area contributed by atoms with E-state index < -0.39 is 24.3 Å². The summed E-state index contributed by atoms with van der Waals surface area (Å²) in [6, 6.07) is 10.8. The second-order valence-corrected chi connectivity index (χ2v) is 6.97. The van der Waals surface area contributed by atoms with Crippen LogP contribution in [0.4, 0.5) is 23.1 Å². The number of nitrogens with one attached hydrogen (secondary N) is 2. The molecule has 11 heteroatoms. The number of carbonyl (C=O) groups is 2. The first-order valence-electron chi connectivity index (χ1n) is 8.27. The highest BCUT2D eigenvalue weighted by molar-refractivity contribution is 7.22. The SMILES string of the molecule is NC(=O)N[C@@H](Cc1ccccc1)C(=O)Nc1nc2ccc(OC(F)(F)F)cc2s1. The smallest absolute Gasteiger partial charge is 0.406 e. The van der Waals surface area contributed by atoms with Crippen molar-refractivity contribution in [1.29, 1.82) is 0 Å². The Morgan fingerprint density at radius 1 is 1.17 bits per heavy atom. The van der Waals surface area contributed by atoms with Crippen LogP contribution < -0.4 is 21.1 Å². The molecule has 152 valence electrons. The summed E-state index contributed by atoms with van der Waals surface area (Å²) in [7, 11) is 0. The highest BCUT2D eigenvalue weighted by Crippen LogP contribution is 2.31. The monoisotopic (exact) mass is 424 g/mol. The van der Waals surface area contributed by atoms with Gasteiger partial charge in [0, 0.05) is 12.5 Å². The van der Waals surface area contributed by atoms with Gasteiger partial charge in [-0.15, -0.1) is 13.2 Å². The van der Waals surface area contributed by atoms with Crippen LogP contribution in [0, 0.1) is 0 Å². The summed E-state index contributed by atoms with van der Waals surface area (Å²) in [4.78, 5) is 28.0. The average Bonchev–Trinajstić information content (AvgIpc) is 3.01. The summed E-state index contributed by atoms with van der Waals surface area (Å²) in [5.74, 6) is -0.942. The molecule has 0 unspecified atom stereocenters. The van der Waals surface area contributed by atoms with Crippen LogP contribution in [0.15, 0.2) is 48.5 Å². The minimum atomic E-state index is -4.81. The first kappa shape index (κ1) is 20.4. The number of carbonyl (C=O) groups excluding carboxylic acids is 2. The van der Waals surface area contributed by atoms with Crippen LogP contribution in [0.3, 0.4) is 0 Å². The second-order valence-electron chi connectivity index (χ2n) is 5.94. The lowest BCUT2D eigenvalue weighted by Crippen LogP contribution is -2.47. The summed E-state index contributed by atoms with van der Waals surface area (Å²) in [5.41, 5.74) is 6.35. The third-order valence-electron chi connectivity index (χ3n) is 3.74. The van der Waals surface area contributed by atoms with Crippen LogP contribution >= 0.6 is 11.3 Å². The molecular formula is C18H15F3N4O3S. The number of fused-ring (bicyclic) bond motifs is 1. The Morgan fingerprint density at radius 2 is 1.90 bits per heavy atom. The zero-order valence-electron chi connectivity index (χ0n) is 14.7. The number of amides is 3. The van der Waals surface area contributed by atoms with Gasteiger partial charge in [0.25, 0.3) is 0 Å². The van der Waals surface area contributed by atoms with E-state index in [4.69, 9.17) is 5.73 Å². The van der Waals surface area contributed by atoms with Crippen LogP contribution in [0.2, 0.25) is 0 Å². The fourth-order valence-electron chi connectivity index (χ4n) is 2.58. The van der Waals surface area contributed by atoms with Gasteiger partial charge in [0.1, 0.15) is 11.8 Å². The second kappa shape index (κ2) is 8.35. The van der Waals surface area contributed by atoms with E-state index in [1.54, 1.807) is 24.3 Å². The van der Waals surface area contributed by atoms with Gasteiger partial charge < -0.3 is 21.1 Å². The van der Waals surface area contributed by atoms with Crippen LogP contribution in [0.25, 0.3) is 10.2 Å². The number of aromatic nitrogens is 1. The number of urea groups is 1. The van der Waals surface area contributed by atoms with Gasteiger partial charge in [-0.2, -0.15) is 0 Å². The van der Waals surface area contributed by atoms with Gasteiger partial charge in [-0.1, -0.05) is 41.7 Å².